The number of carbonyl (C=O) groups is 1. The molecule has 0 aliphatic rings. The predicted octanol–water partition coefficient (Wildman–Crippen LogP) is 1.77. The fourth-order valence-corrected chi connectivity index (χ4v) is 1.01. The number of aromatic carboxylic acids is 1. The molecule has 0 saturated heterocycles. The van der Waals surface area contributed by atoms with E-state index in [0.29, 0.717) is 5.69 Å². The summed E-state index contributed by atoms with van der Waals surface area (Å²) < 4.78 is 11.8. The van der Waals surface area contributed by atoms with Crippen molar-refractivity contribution in [2.75, 3.05) is 18.5 Å². The Morgan fingerprint density at radius 2 is 2.15 bits per heavy atom. The van der Waals surface area contributed by atoms with Gasteiger partial charge in [0.05, 0.1) is 5.56 Å². The Hall–Kier alpha value is -1.58. The summed E-state index contributed by atoms with van der Waals surface area (Å²) in [4.78, 5) is 10.7. The number of benzene rings is 1. The van der Waals surface area contributed by atoms with E-state index in [4.69, 9.17) is 5.11 Å². The van der Waals surface area contributed by atoms with Crippen LogP contribution in [0.3, 0.4) is 0 Å². The molecule has 1 aromatic rings. The number of anilines is 1. The van der Waals surface area contributed by atoms with Crippen molar-refractivity contribution < 1.29 is 14.3 Å². The van der Waals surface area contributed by atoms with E-state index in [9.17, 15) is 9.18 Å². The maximum Gasteiger partial charge on any atom is 0.337 e. The number of alkyl halides is 1. The van der Waals surface area contributed by atoms with Gasteiger partial charge in [0.1, 0.15) is 6.67 Å². The predicted molar refractivity (Wildman–Crippen MR) is 47.9 cm³/mol. The Kier molecular flexibility index (Phi) is 3.25. The van der Waals surface area contributed by atoms with E-state index in [-0.39, 0.29) is 12.1 Å². The first-order chi connectivity index (χ1) is 6.25. The van der Waals surface area contributed by atoms with Crippen molar-refractivity contribution in [3.63, 3.8) is 0 Å². The van der Waals surface area contributed by atoms with Crippen LogP contribution in [0, 0.1) is 0 Å². The largest absolute Gasteiger partial charge is 0.478 e. The third-order valence-corrected chi connectivity index (χ3v) is 1.57. The van der Waals surface area contributed by atoms with E-state index in [0.717, 1.165) is 0 Å². The molecule has 0 aromatic heterocycles. The first-order valence-electron chi connectivity index (χ1n) is 3.88. The van der Waals surface area contributed by atoms with Crippen LogP contribution in [-0.2, 0) is 0 Å². The molecule has 70 valence electrons. The molecule has 0 bridgehead atoms. The van der Waals surface area contributed by atoms with Gasteiger partial charge in [0, 0.05) is 12.2 Å². The molecule has 1 rings (SSSR count). The molecule has 0 fully saturated rings. The summed E-state index contributed by atoms with van der Waals surface area (Å²) >= 11 is 0. The lowest BCUT2D eigenvalue weighted by atomic mass is 10.2. The van der Waals surface area contributed by atoms with E-state index in [1.807, 2.05) is 0 Å². The fourth-order valence-electron chi connectivity index (χ4n) is 1.01. The minimum atomic E-state index is -1.01. The molecule has 3 nitrogen and oxygen atoms in total. The van der Waals surface area contributed by atoms with Crippen molar-refractivity contribution in [2.45, 2.75) is 0 Å². The minimum absolute atomic E-state index is 0.129. The Morgan fingerprint density at radius 3 is 2.77 bits per heavy atom. The number of carboxylic acids is 1. The van der Waals surface area contributed by atoms with Gasteiger partial charge >= 0.3 is 5.97 Å². The summed E-state index contributed by atoms with van der Waals surface area (Å²) in [5.74, 6) is -1.01. The molecule has 0 amide bonds. The van der Waals surface area contributed by atoms with Crippen molar-refractivity contribution in [3.05, 3.63) is 29.8 Å². The maximum absolute atomic E-state index is 11.8. The Balaban J connectivity index is 2.84. The lowest BCUT2D eigenvalue weighted by Gasteiger charge is -2.06. The first kappa shape index (κ1) is 9.51. The molecule has 0 unspecified atom stereocenters. The van der Waals surface area contributed by atoms with Gasteiger partial charge < -0.3 is 10.4 Å². The molecule has 0 radical (unpaired) electrons. The molecule has 0 spiro atoms. The van der Waals surface area contributed by atoms with Gasteiger partial charge in [-0.1, -0.05) is 12.1 Å². The Morgan fingerprint density at radius 1 is 1.46 bits per heavy atom. The zero-order valence-electron chi connectivity index (χ0n) is 6.96. The summed E-state index contributed by atoms with van der Waals surface area (Å²) in [7, 11) is 0. The molecule has 0 aliphatic heterocycles. The second-order valence-corrected chi connectivity index (χ2v) is 2.47. The van der Waals surface area contributed by atoms with Gasteiger partial charge in [0.15, 0.2) is 0 Å². The van der Waals surface area contributed by atoms with Crippen molar-refractivity contribution in [1.82, 2.24) is 0 Å². The highest BCUT2D eigenvalue weighted by Crippen LogP contribution is 2.14. The van der Waals surface area contributed by atoms with Crippen molar-refractivity contribution in [1.29, 1.82) is 0 Å². The summed E-state index contributed by atoms with van der Waals surface area (Å²) in [6.07, 6.45) is 0. The Bertz CT molecular complexity index is 301. The molecule has 0 saturated carbocycles. The van der Waals surface area contributed by atoms with Gasteiger partial charge in [-0.25, -0.2) is 9.18 Å². The lowest BCUT2D eigenvalue weighted by Crippen LogP contribution is -2.08. The second kappa shape index (κ2) is 4.45. The van der Waals surface area contributed by atoms with Gasteiger partial charge in [-0.2, -0.15) is 0 Å². The molecule has 0 atom stereocenters. The minimum Gasteiger partial charge on any atom is -0.478 e. The first-order valence-corrected chi connectivity index (χ1v) is 3.88. The second-order valence-electron chi connectivity index (χ2n) is 2.47. The highest BCUT2D eigenvalue weighted by molar-refractivity contribution is 5.94. The molecule has 1 aromatic carbocycles. The van der Waals surface area contributed by atoms with Crippen LogP contribution in [0.4, 0.5) is 10.1 Å². The highest BCUT2D eigenvalue weighted by atomic mass is 19.1. The maximum atomic E-state index is 11.8. The molecule has 4 heteroatoms. The van der Waals surface area contributed by atoms with Crippen LogP contribution in [0.1, 0.15) is 10.4 Å². The van der Waals surface area contributed by atoms with Gasteiger partial charge in [-0.05, 0) is 12.1 Å². The van der Waals surface area contributed by atoms with Crippen LogP contribution < -0.4 is 5.32 Å². The van der Waals surface area contributed by atoms with E-state index in [2.05, 4.69) is 5.32 Å². The van der Waals surface area contributed by atoms with Gasteiger partial charge in [-0.15, -0.1) is 0 Å². The molecule has 2 N–H and O–H groups in total. The Labute approximate surface area is 75.2 Å². The van der Waals surface area contributed by atoms with Crippen LogP contribution in [0.2, 0.25) is 0 Å². The topological polar surface area (TPSA) is 49.3 Å². The standard InChI is InChI=1S/C9H10FNO2/c10-5-6-11-8-4-2-1-3-7(8)9(12)13/h1-4,11H,5-6H2,(H,12,13). The quantitative estimate of drug-likeness (QED) is 0.747. The summed E-state index contributed by atoms with van der Waals surface area (Å²) in [5.41, 5.74) is 0.614. The molecular formula is C9H10FNO2. The van der Waals surface area contributed by atoms with Crippen LogP contribution in [0.5, 0.6) is 0 Å². The smallest absolute Gasteiger partial charge is 0.337 e. The number of nitrogens with one attached hydrogen (secondary N) is 1. The number of carboxylic acid groups (broad SMARTS) is 1. The summed E-state index contributed by atoms with van der Waals surface area (Å²) in [6, 6.07) is 6.42. The van der Waals surface area contributed by atoms with Gasteiger partial charge in [0.25, 0.3) is 0 Å². The number of para-hydroxylation sites is 1. The molecule has 0 heterocycles. The lowest BCUT2D eigenvalue weighted by molar-refractivity contribution is 0.0698. The summed E-state index contributed by atoms with van der Waals surface area (Å²) in [6.45, 7) is -0.391. The number of hydrogen-bond donors (Lipinski definition) is 2. The normalized spacial score (nSPS) is 9.62. The van der Waals surface area contributed by atoms with Crippen LogP contribution >= 0.6 is 0 Å². The number of hydrogen-bond acceptors (Lipinski definition) is 2. The fraction of sp³-hybridized carbons (Fsp3) is 0.222. The number of rotatable bonds is 4. The van der Waals surface area contributed by atoms with Crippen molar-refractivity contribution in [2.24, 2.45) is 0 Å². The van der Waals surface area contributed by atoms with E-state index in [1.165, 1.54) is 6.07 Å². The van der Waals surface area contributed by atoms with Crippen LogP contribution in [0.15, 0.2) is 24.3 Å². The van der Waals surface area contributed by atoms with Crippen LogP contribution in [-0.4, -0.2) is 24.3 Å². The van der Waals surface area contributed by atoms with E-state index < -0.39 is 12.6 Å². The summed E-state index contributed by atoms with van der Waals surface area (Å²) in [5, 5.41) is 11.4. The van der Waals surface area contributed by atoms with E-state index in [1.54, 1.807) is 18.2 Å². The average Bonchev–Trinajstić information content (AvgIpc) is 2.15. The zero-order chi connectivity index (χ0) is 9.68. The van der Waals surface area contributed by atoms with E-state index >= 15 is 0 Å². The van der Waals surface area contributed by atoms with Gasteiger partial charge in [-0.3, -0.25) is 0 Å². The van der Waals surface area contributed by atoms with Gasteiger partial charge in [0.2, 0.25) is 0 Å². The molecule has 13 heavy (non-hydrogen) atoms. The average molecular weight is 183 g/mol. The van der Waals surface area contributed by atoms with Crippen molar-refractivity contribution in [3.8, 4) is 0 Å². The third kappa shape index (κ3) is 2.43. The monoisotopic (exact) mass is 183 g/mol. The zero-order valence-corrected chi connectivity index (χ0v) is 6.96. The van der Waals surface area contributed by atoms with Crippen LogP contribution in [0.25, 0.3) is 0 Å². The molecular weight excluding hydrogens is 173 g/mol. The number of halogens is 1. The van der Waals surface area contributed by atoms with Crippen molar-refractivity contribution >= 4 is 11.7 Å². The SMILES string of the molecule is O=C(O)c1ccccc1NCCF. The highest BCUT2D eigenvalue weighted by Gasteiger charge is 2.07. The third-order valence-electron chi connectivity index (χ3n) is 1.57. The molecule has 0 aliphatic carbocycles.